The molecule has 0 saturated carbocycles. The van der Waals surface area contributed by atoms with Gasteiger partial charge in [-0.3, -0.25) is 4.79 Å². The van der Waals surface area contributed by atoms with Crippen molar-refractivity contribution in [3.05, 3.63) is 58.7 Å². The Morgan fingerprint density at radius 3 is 2.43 bits per heavy atom. The number of hydrogen-bond acceptors (Lipinski definition) is 3. The number of Topliss-reactive ketones (excluding diaryl/α,β-unsaturated/α-hetero) is 1. The Balaban J connectivity index is 2.47. The highest BCUT2D eigenvalue weighted by atomic mass is 16.3. The number of ketones is 1. The molecule has 1 aliphatic carbocycles. The molecule has 156 valence electrons. The minimum atomic E-state index is -0.693. The van der Waals surface area contributed by atoms with Crippen LogP contribution in [0.2, 0.25) is 0 Å². The van der Waals surface area contributed by atoms with Crippen molar-refractivity contribution < 1.29 is 15.0 Å². The largest absolute Gasteiger partial charge is 0.389 e. The van der Waals surface area contributed by atoms with Crippen LogP contribution in [-0.4, -0.2) is 28.2 Å². The topological polar surface area (TPSA) is 57.5 Å². The van der Waals surface area contributed by atoms with E-state index >= 15 is 0 Å². The molecule has 0 heterocycles. The van der Waals surface area contributed by atoms with Gasteiger partial charge in [-0.05, 0) is 78.4 Å². The molecule has 0 aromatic heterocycles. The number of allylic oxidation sites excluding steroid dienone is 6. The molecule has 3 heteroatoms. The van der Waals surface area contributed by atoms with E-state index in [0.29, 0.717) is 12.0 Å². The molecule has 0 aliphatic heterocycles. The number of rotatable bonds is 10. The lowest BCUT2D eigenvalue weighted by molar-refractivity contribution is -0.117. The van der Waals surface area contributed by atoms with Gasteiger partial charge >= 0.3 is 0 Å². The molecule has 0 fully saturated rings. The summed E-state index contributed by atoms with van der Waals surface area (Å²) in [6, 6.07) is 0. The molecule has 0 aromatic carbocycles. The zero-order valence-electron chi connectivity index (χ0n) is 18.3. The van der Waals surface area contributed by atoms with Crippen molar-refractivity contribution in [3.8, 4) is 0 Å². The van der Waals surface area contributed by atoms with Crippen molar-refractivity contribution in [2.45, 2.75) is 85.4 Å². The Hall–Kier alpha value is -1.71. The second kappa shape index (κ2) is 12.0. The van der Waals surface area contributed by atoms with Gasteiger partial charge < -0.3 is 10.2 Å². The Morgan fingerprint density at radius 1 is 1.18 bits per heavy atom. The van der Waals surface area contributed by atoms with Crippen molar-refractivity contribution >= 4 is 5.78 Å². The summed E-state index contributed by atoms with van der Waals surface area (Å²) in [7, 11) is 0. The van der Waals surface area contributed by atoms with E-state index in [1.54, 1.807) is 13.0 Å². The monoisotopic (exact) mass is 386 g/mol. The van der Waals surface area contributed by atoms with Gasteiger partial charge in [0.05, 0.1) is 12.2 Å². The third-order valence-electron chi connectivity index (χ3n) is 5.27. The van der Waals surface area contributed by atoms with Gasteiger partial charge in [0, 0.05) is 12.3 Å². The summed E-state index contributed by atoms with van der Waals surface area (Å²) in [5.41, 5.74) is 5.25. The van der Waals surface area contributed by atoms with E-state index in [4.69, 9.17) is 0 Å². The summed E-state index contributed by atoms with van der Waals surface area (Å²) in [5, 5.41) is 20.5. The quantitative estimate of drug-likeness (QED) is 0.480. The van der Waals surface area contributed by atoms with Gasteiger partial charge in [-0.2, -0.15) is 0 Å². The summed E-state index contributed by atoms with van der Waals surface area (Å²) >= 11 is 0. The van der Waals surface area contributed by atoms with Crippen LogP contribution in [0.4, 0.5) is 0 Å². The van der Waals surface area contributed by atoms with E-state index in [-0.39, 0.29) is 18.1 Å². The van der Waals surface area contributed by atoms with E-state index < -0.39 is 12.2 Å². The average Bonchev–Trinajstić information content (AvgIpc) is 2.57. The molecule has 0 aromatic rings. The Kier molecular flexibility index (Phi) is 10.4. The summed E-state index contributed by atoms with van der Waals surface area (Å²) < 4.78 is 0. The van der Waals surface area contributed by atoms with Crippen molar-refractivity contribution in [2.24, 2.45) is 5.92 Å². The van der Waals surface area contributed by atoms with Crippen LogP contribution in [0.3, 0.4) is 0 Å². The summed E-state index contributed by atoms with van der Waals surface area (Å²) in [4.78, 5) is 11.9. The van der Waals surface area contributed by atoms with Gasteiger partial charge in [0.1, 0.15) is 0 Å². The minimum Gasteiger partial charge on any atom is -0.389 e. The van der Waals surface area contributed by atoms with Crippen molar-refractivity contribution in [3.63, 3.8) is 0 Å². The van der Waals surface area contributed by atoms with Crippen LogP contribution in [0.1, 0.15) is 73.1 Å². The molecule has 1 aliphatic rings. The molecule has 0 spiro atoms. The molecule has 2 N–H and O–H groups in total. The maximum atomic E-state index is 11.9. The van der Waals surface area contributed by atoms with Crippen molar-refractivity contribution in [2.75, 3.05) is 0 Å². The smallest absolute Gasteiger partial charge is 0.159 e. The fourth-order valence-corrected chi connectivity index (χ4v) is 3.46. The predicted molar refractivity (Wildman–Crippen MR) is 118 cm³/mol. The van der Waals surface area contributed by atoms with E-state index in [1.165, 1.54) is 11.1 Å². The summed E-state index contributed by atoms with van der Waals surface area (Å²) in [6.07, 6.45) is 11.4. The first-order chi connectivity index (χ1) is 13.1. The maximum Gasteiger partial charge on any atom is 0.159 e. The molecular weight excluding hydrogens is 348 g/mol. The number of aliphatic hydroxyl groups excluding tert-OH is 2. The Labute approximate surface area is 171 Å². The lowest BCUT2D eigenvalue weighted by atomic mass is 9.80. The van der Waals surface area contributed by atoms with Gasteiger partial charge in [0.15, 0.2) is 5.78 Å². The van der Waals surface area contributed by atoms with E-state index in [2.05, 4.69) is 39.5 Å². The highest BCUT2D eigenvalue weighted by Crippen LogP contribution is 2.29. The van der Waals surface area contributed by atoms with E-state index in [0.717, 1.165) is 36.8 Å². The molecule has 0 saturated heterocycles. The lowest BCUT2D eigenvalue weighted by Gasteiger charge is -2.27. The van der Waals surface area contributed by atoms with Crippen LogP contribution in [-0.2, 0) is 4.79 Å². The standard InChI is InChI=1S/C25H38O3/c1-17(2)9-7-10-18(3)11-8-12-19(4)13-22(26)14-20(5)23-16-24(27)21(6)15-25(23)28/h9,11,13,15,22-23,25-26,28H,5,7-8,10,12,14,16H2,1-4,6H3/t22-,23-,25-/m1/s1. The fraction of sp³-hybridized carbons (Fsp3) is 0.560. The van der Waals surface area contributed by atoms with Crippen LogP contribution in [0.25, 0.3) is 0 Å². The molecule has 3 atom stereocenters. The molecule has 0 unspecified atom stereocenters. The number of hydrogen-bond donors (Lipinski definition) is 2. The van der Waals surface area contributed by atoms with E-state index in [9.17, 15) is 15.0 Å². The highest BCUT2D eigenvalue weighted by Gasteiger charge is 2.29. The first-order valence-corrected chi connectivity index (χ1v) is 10.3. The third kappa shape index (κ3) is 8.99. The predicted octanol–water partition coefficient (Wildman–Crippen LogP) is 5.61. The third-order valence-corrected chi connectivity index (χ3v) is 5.27. The van der Waals surface area contributed by atoms with Crippen LogP contribution in [0.5, 0.6) is 0 Å². The summed E-state index contributed by atoms with van der Waals surface area (Å²) in [6.45, 7) is 14.2. The van der Waals surface area contributed by atoms with Crippen LogP contribution >= 0.6 is 0 Å². The molecule has 3 nitrogen and oxygen atoms in total. The minimum absolute atomic E-state index is 0.0457. The van der Waals surface area contributed by atoms with Gasteiger partial charge in [0.25, 0.3) is 0 Å². The lowest BCUT2D eigenvalue weighted by Crippen LogP contribution is -2.29. The van der Waals surface area contributed by atoms with Gasteiger partial charge in [-0.25, -0.2) is 0 Å². The Bertz CT molecular complexity index is 672. The second-order valence-corrected chi connectivity index (χ2v) is 8.43. The van der Waals surface area contributed by atoms with Crippen LogP contribution in [0, 0.1) is 5.92 Å². The highest BCUT2D eigenvalue weighted by molar-refractivity contribution is 5.96. The summed E-state index contributed by atoms with van der Waals surface area (Å²) in [5.74, 6) is -0.254. The average molecular weight is 387 g/mol. The first kappa shape index (κ1) is 24.3. The van der Waals surface area contributed by atoms with Crippen molar-refractivity contribution in [1.29, 1.82) is 0 Å². The van der Waals surface area contributed by atoms with Gasteiger partial charge in [-0.15, -0.1) is 0 Å². The molecular formula is C25H38O3. The number of carbonyl (C=O) groups is 1. The number of carbonyl (C=O) groups excluding carboxylic acids is 1. The molecule has 0 amide bonds. The molecule has 0 bridgehead atoms. The van der Waals surface area contributed by atoms with Crippen LogP contribution < -0.4 is 0 Å². The first-order valence-electron chi connectivity index (χ1n) is 10.3. The van der Waals surface area contributed by atoms with Gasteiger partial charge in [0.2, 0.25) is 0 Å². The molecule has 1 rings (SSSR count). The zero-order valence-corrected chi connectivity index (χ0v) is 18.3. The van der Waals surface area contributed by atoms with Crippen LogP contribution in [0.15, 0.2) is 58.7 Å². The molecule has 28 heavy (non-hydrogen) atoms. The van der Waals surface area contributed by atoms with Crippen molar-refractivity contribution in [1.82, 2.24) is 0 Å². The number of aliphatic hydroxyl groups is 2. The van der Waals surface area contributed by atoms with Gasteiger partial charge in [-0.1, -0.05) is 47.1 Å². The SMILES string of the molecule is C=C(C[C@H](O)C=C(C)CCC=C(C)CCC=C(C)C)[C@H]1CC(=O)C(C)=C[C@H]1O. The Morgan fingerprint density at radius 2 is 1.79 bits per heavy atom. The fourth-order valence-electron chi connectivity index (χ4n) is 3.46. The van der Waals surface area contributed by atoms with E-state index in [1.807, 2.05) is 13.0 Å². The normalized spacial score (nSPS) is 22.0. The molecule has 0 radical (unpaired) electrons. The second-order valence-electron chi connectivity index (χ2n) is 8.43. The maximum absolute atomic E-state index is 11.9. The zero-order chi connectivity index (χ0) is 21.3.